The maximum absolute atomic E-state index is 12.8. The summed E-state index contributed by atoms with van der Waals surface area (Å²) in [7, 11) is 0. The van der Waals surface area contributed by atoms with Crippen LogP contribution in [0, 0.1) is 6.92 Å². The van der Waals surface area contributed by atoms with Crippen LogP contribution in [0.1, 0.15) is 30.0 Å². The molecule has 4 amide bonds. The molecule has 6 heteroatoms. The molecule has 1 heterocycles. The van der Waals surface area contributed by atoms with Crippen LogP contribution >= 0.6 is 0 Å². The van der Waals surface area contributed by atoms with Gasteiger partial charge in [0, 0.05) is 6.54 Å². The number of nitrogens with zero attached hydrogens (tertiary/aromatic N) is 1. The van der Waals surface area contributed by atoms with Gasteiger partial charge in [0.05, 0.1) is 0 Å². The fraction of sp³-hybridized carbons (Fsp3) is 0.318. The summed E-state index contributed by atoms with van der Waals surface area (Å²) in [6.07, 6.45) is 1.65. The summed E-state index contributed by atoms with van der Waals surface area (Å²) in [4.78, 5) is 38.3. The molecule has 1 aliphatic heterocycles. The molecule has 0 radical (unpaired) electrons. The van der Waals surface area contributed by atoms with Gasteiger partial charge >= 0.3 is 6.03 Å². The van der Waals surface area contributed by atoms with Crippen LogP contribution in [0.5, 0.6) is 0 Å². The smallest absolute Gasteiger partial charge is 0.325 e. The molecule has 1 aliphatic rings. The Hall–Kier alpha value is -3.15. The van der Waals surface area contributed by atoms with E-state index in [9.17, 15) is 14.4 Å². The molecule has 2 aromatic rings. The molecular formula is C22H25N3O3. The summed E-state index contributed by atoms with van der Waals surface area (Å²) in [6, 6.07) is 16.9. The van der Waals surface area contributed by atoms with Crippen LogP contribution in [0.3, 0.4) is 0 Å². The number of amides is 4. The molecule has 1 fully saturated rings. The molecule has 0 bridgehead atoms. The highest BCUT2D eigenvalue weighted by atomic mass is 16.2. The minimum atomic E-state index is -1.15. The van der Waals surface area contributed by atoms with Gasteiger partial charge in [-0.15, -0.1) is 0 Å². The van der Waals surface area contributed by atoms with Crippen molar-refractivity contribution in [2.75, 3.05) is 13.1 Å². The molecule has 0 spiro atoms. The van der Waals surface area contributed by atoms with Crippen molar-refractivity contribution in [1.29, 1.82) is 0 Å². The van der Waals surface area contributed by atoms with Gasteiger partial charge in [-0.2, -0.15) is 0 Å². The number of nitrogens with one attached hydrogen (secondary N) is 2. The number of rotatable bonds is 7. The molecule has 0 saturated carbocycles. The van der Waals surface area contributed by atoms with Crippen LogP contribution in [0.15, 0.2) is 54.6 Å². The second kappa shape index (κ2) is 8.25. The number of hydrogen-bond donors (Lipinski definition) is 2. The monoisotopic (exact) mass is 379 g/mol. The van der Waals surface area contributed by atoms with E-state index in [1.807, 2.05) is 61.5 Å². The molecule has 2 aromatic carbocycles. The van der Waals surface area contributed by atoms with Crippen molar-refractivity contribution < 1.29 is 14.4 Å². The molecule has 28 heavy (non-hydrogen) atoms. The Morgan fingerprint density at radius 2 is 1.75 bits per heavy atom. The van der Waals surface area contributed by atoms with Gasteiger partial charge in [-0.3, -0.25) is 14.5 Å². The molecule has 2 N–H and O–H groups in total. The summed E-state index contributed by atoms with van der Waals surface area (Å²) in [5, 5.41) is 5.50. The Bertz CT molecular complexity index is 864. The van der Waals surface area contributed by atoms with E-state index < -0.39 is 17.5 Å². The summed E-state index contributed by atoms with van der Waals surface area (Å²) < 4.78 is 0. The minimum absolute atomic E-state index is 0.280. The Balaban J connectivity index is 1.53. The summed E-state index contributed by atoms with van der Waals surface area (Å²) >= 11 is 0. The van der Waals surface area contributed by atoms with Crippen LogP contribution in [0.4, 0.5) is 4.79 Å². The van der Waals surface area contributed by atoms with E-state index in [0.717, 1.165) is 23.3 Å². The van der Waals surface area contributed by atoms with Gasteiger partial charge in [-0.25, -0.2) is 4.79 Å². The van der Waals surface area contributed by atoms with E-state index in [4.69, 9.17) is 0 Å². The molecular weight excluding hydrogens is 354 g/mol. The van der Waals surface area contributed by atoms with Gasteiger partial charge in [0.2, 0.25) is 5.91 Å². The van der Waals surface area contributed by atoms with Crippen molar-refractivity contribution >= 4 is 17.8 Å². The third-order valence-electron chi connectivity index (χ3n) is 5.01. The zero-order valence-electron chi connectivity index (χ0n) is 16.2. The maximum atomic E-state index is 12.8. The van der Waals surface area contributed by atoms with Gasteiger partial charge < -0.3 is 10.6 Å². The van der Waals surface area contributed by atoms with Crippen molar-refractivity contribution in [1.82, 2.24) is 15.5 Å². The number of hydrogen-bond acceptors (Lipinski definition) is 3. The zero-order chi connectivity index (χ0) is 20.1. The normalized spacial score (nSPS) is 18.9. The van der Waals surface area contributed by atoms with Gasteiger partial charge in [-0.1, -0.05) is 60.2 Å². The molecule has 0 aromatic heterocycles. The molecule has 1 atom stereocenters. The fourth-order valence-electron chi connectivity index (χ4n) is 3.29. The Kier molecular flexibility index (Phi) is 5.78. The predicted octanol–water partition coefficient (Wildman–Crippen LogP) is 2.51. The lowest BCUT2D eigenvalue weighted by Crippen LogP contribution is -2.43. The number of imide groups is 1. The highest BCUT2D eigenvalue weighted by Crippen LogP contribution is 2.28. The van der Waals surface area contributed by atoms with E-state index in [1.165, 1.54) is 5.56 Å². The van der Waals surface area contributed by atoms with E-state index >= 15 is 0 Å². The van der Waals surface area contributed by atoms with E-state index in [-0.39, 0.29) is 12.5 Å². The number of aryl methyl sites for hydroxylation is 2. The van der Waals surface area contributed by atoms with Crippen LogP contribution in [-0.2, 0) is 21.5 Å². The Morgan fingerprint density at radius 1 is 1.07 bits per heavy atom. The lowest BCUT2D eigenvalue weighted by atomic mass is 9.91. The van der Waals surface area contributed by atoms with Gasteiger partial charge in [-0.05, 0) is 37.8 Å². The van der Waals surface area contributed by atoms with Crippen LogP contribution < -0.4 is 10.6 Å². The second-order valence-corrected chi connectivity index (χ2v) is 7.25. The van der Waals surface area contributed by atoms with Gasteiger partial charge in [0.15, 0.2) is 0 Å². The number of carbonyl (C=O) groups is 3. The fourth-order valence-corrected chi connectivity index (χ4v) is 3.29. The van der Waals surface area contributed by atoms with Crippen molar-refractivity contribution in [3.8, 4) is 0 Å². The number of carbonyl (C=O) groups excluding carboxylic acids is 3. The average molecular weight is 379 g/mol. The van der Waals surface area contributed by atoms with Crippen LogP contribution in [0.2, 0.25) is 0 Å². The first-order valence-electron chi connectivity index (χ1n) is 9.42. The molecule has 0 aliphatic carbocycles. The maximum Gasteiger partial charge on any atom is 0.325 e. The molecule has 1 unspecified atom stereocenters. The standard InChI is InChI=1S/C22H25N3O3/c1-16-10-12-18(13-11-16)22(2)20(27)25(21(28)24-22)15-19(26)23-14-6-9-17-7-4-3-5-8-17/h3-5,7-8,10-13H,6,9,14-15H2,1-2H3,(H,23,26)(H,24,28). The third-order valence-corrected chi connectivity index (χ3v) is 5.01. The lowest BCUT2D eigenvalue weighted by Gasteiger charge is -2.22. The van der Waals surface area contributed by atoms with Crippen molar-refractivity contribution in [2.24, 2.45) is 0 Å². The van der Waals surface area contributed by atoms with Crippen LogP contribution in [-0.4, -0.2) is 35.8 Å². The number of urea groups is 1. The largest absolute Gasteiger partial charge is 0.355 e. The van der Waals surface area contributed by atoms with Crippen molar-refractivity contribution in [3.05, 3.63) is 71.3 Å². The average Bonchev–Trinajstić information content (AvgIpc) is 2.90. The SMILES string of the molecule is Cc1ccc(C2(C)NC(=O)N(CC(=O)NCCCc3ccccc3)C2=O)cc1. The molecule has 3 rings (SSSR count). The van der Waals surface area contributed by atoms with Crippen molar-refractivity contribution in [3.63, 3.8) is 0 Å². The Morgan fingerprint density at radius 3 is 2.43 bits per heavy atom. The molecule has 1 saturated heterocycles. The Labute approximate surface area is 164 Å². The highest BCUT2D eigenvalue weighted by molar-refractivity contribution is 6.09. The molecule has 146 valence electrons. The van der Waals surface area contributed by atoms with E-state index in [1.54, 1.807) is 6.92 Å². The van der Waals surface area contributed by atoms with Crippen molar-refractivity contribution in [2.45, 2.75) is 32.2 Å². The van der Waals surface area contributed by atoms with Gasteiger partial charge in [0.1, 0.15) is 12.1 Å². The summed E-state index contributed by atoms with van der Waals surface area (Å²) in [6.45, 7) is 3.83. The molecule has 6 nitrogen and oxygen atoms in total. The number of benzene rings is 2. The van der Waals surface area contributed by atoms with Crippen LogP contribution in [0.25, 0.3) is 0 Å². The highest BCUT2D eigenvalue weighted by Gasteiger charge is 2.49. The lowest BCUT2D eigenvalue weighted by molar-refractivity contribution is -0.134. The first kappa shape index (κ1) is 19.6. The predicted molar refractivity (Wildman–Crippen MR) is 107 cm³/mol. The van der Waals surface area contributed by atoms with E-state index in [0.29, 0.717) is 12.1 Å². The van der Waals surface area contributed by atoms with Gasteiger partial charge in [0.25, 0.3) is 5.91 Å². The third kappa shape index (κ3) is 4.22. The summed E-state index contributed by atoms with van der Waals surface area (Å²) in [5.41, 5.74) is 1.82. The first-order chi connectivity index (χ1) is 13.4. The second-order valence-electron chi connectivity index (χ2n) is 7.25. The quantitative estimate of drug-likeness (QED) is 0.573. The minimum Gasteiger partial charge on any atom is -0.355 e. The topological polar surface area (TPSA) is 78.5 Å². The summed E-state index contributed by atoms with van der Waals surface area (Å²) in [5.74, 6) is -0.759. The van der Waals surface area contributed by atoms with E-state index in [2.05, 4.69) is 10.6 Å². The first-order valence-corrected chi connectivity index (χ1v) is 9.42. The zero-order valence-corrected chi connectivity index (χ0v) is 16.2.